The molecule has 1 N–H and O–H groups in total. The first-order valence-corrected chi connectivity index (χ1v) is 10.1. The molecule has 1 atom stereocenters. The van der Waals surface area contributed by atoms with Gasteiger partial charge in [-0.1, -0.05) is 81.0 Å². The van der Waals surface area contributed by atoms with Crippen LogP contribution in [0.1, 0.15) is 38.3 Å². The third kappa shape index (κ3) is 10.0. The first-order chi connectivity index (χ1) is 12.0. The summed E-state index contributed by atoms with van der Waals surface area (Å²) in [5.74, 6) is 0.0150. The lowest BCUT2D eigenvalue weighted by atomic mass is 9.45. The minimum Gasteiger partial charge on any atom is -0.508 e. The number of halogens is 1. The summed E-state index contributed by atoms with van der Waals surface area (Å²) in [7, 11) is 0. The molecule has 1 unspecified atom stereocenters. The molecule has 0 aliphatic heterocycles. The Morgan fingerprint density at radius 1 is 1.27 bits per heavy atom. The molecular weight excluding hydrogens is 432 g/mol. The van der Waals surface area contributed by atoms with Crippen molar-refractivity contribution in [3.05, 3.63) is 65.5 Å². The topological polar surface area (TPSA) is 32.6 Å². The maximum atomic E-state index is 9.44. The monoisotopic (exact) mass is 465 g/mol. The number of benzene rings is 1. The Kier molecular flexibility index (Phi) is 11.6. The van der Waals surface area contributed by atoms with Crippen molar-refractivity contribution < 1.29 is 5.11 Å². The average molecular weight is 465 g/mol. The van der Waals surface area contributed by atoms with E-state index in [4.69, 9.17) is 0 Å². The van der Waals surface area contributed by atoms with E-state index >= 15 is 0 Å². The van der Waals surface area contributed by atoms with Crippen LogP contribution in [0.2, 0.25) is 13.6 Å². The number of aliphatic imine (C=N–C) groups is 1. The summed E-state index contributed by atoms with van der Waals surface area (Å²) in [6.45, 7) is 19.4. The molecule has 0 aliphatic rings. The van der Waals surface area contributed by atoms with Gasteiger partial charge in [0.25, 0.3) is 0 Å². The van der Waals surface area contributed by atoms with Crippen molar-refractivity contribution in [1.29, 1.82) is 0 Å². The minimum atomic E-state index is 0.0150. The van der Waals surface area contributed by atoms with Gasteiger partial charge < -0.3 is 5.11 Å². The number of rotatable bonds is 6. The fourth-order valence-electron chi connectivity index (χ4n) is 1.99. The van der Waals surface area contributed by atoms with E-state index in [9.17, 15) is 5.11 Å². The highest BCUT2D eigenvalue weighted by Gasteiger charge is 2.23. The second kappa shape index (κ2) is 12.2. The molecule has 0 heterocycles. The second-order valence-electron chi connectivity index (χ2n) is 6.98. The van der Waals surface area contributed by atoms with Gasteiger partial charge in [-0.2, -0.15) is 0 Å². The van der Waals surface area contributed by atoms with Crippen molar-refractivity contribution in [2.75, 3.05) is 0 Å². The fourth-order valence-corrected chi connectivity index (χ4v) is 1.99. The van der Waals surface area contributed by atoms with Gasteiger partial charge >= 0.3 is 0 Å². The fraction of sp³-hybridized carbons (Fsp3) is 0.409. The van der Waals surface area contributed by atoms with Gasteiger partial charge in [-0.3, -0.25) is 4.99 Å². The molecule has 1 aromatic carbocycles. The SMILES string of the molecule is C=C(O)/C(C=Nc1cc(C)cc(C)c1)=C\C=C\C.CCC(C)(I)B(C)C. The summed E-state index contributed by atoms with van der Waals surface area (Å²) in [4.78, 5) is 4.35. The summed E-state index contributed by atoms with van der Waals surface area (Å²) in [6.07, 6.45) is 8.38. The summed E-state index contributed by atoms with van der Waals surface area (Å²) >= 11 is 2.53. The van der Waals surface area contributed by atoms with E-state index in [0.29, 0.717) is 8.89 Å². The van der Waals surface area contributed by atoms with Crippen molar-refractivity contribution in [3.63, 3.8) is 0 Å². The van der Waals surface area contributed by atoms with Gasteiger partial charge in [-0.05, 0) is 53.8 Å². The molecular formula is C22H33BINO. The molecule has 4 heteroatoms. The summed E-state index contributed by atoms with van der Waals surface area (Å²) in [6, 6.07) is 6.09. The van der Waals surface area contributed by atoms with Crippen LogP contribution < -0.4 is 0 Å². The molecule has 0 saturated carbocycles. The first-order valence-electron chi connectivity index (χ1n) is 9.06. The molecule has 26 heavy (non-hydrogen) atoms. The highest BCUT2D eigenvalue weighted by Crippen LogP contribution is 2.24. The second-order valence-corrected chi connectivity index (χ2v) is 9.45. The minimum absolute atomic E-state index is 0.0150. The van der Waals surface area contributed by atoms with Crippen LogP contribution in [-0.4, -0.2) is 21.4 Å². The summed E-state index contributed by atoms with van der Waals surface area (Å²) < 4.78 is 0.512. The molecule has 0 aliphatic carbocycles. The lowest BCUT2D eigenvalue weighted by Gasteiger charge is -2.22. The summed E-state index contributed by atoms with van der Waals surface area (Å²) in [5.41, 5.74) is 3.82. The van der Waals surface area contributed by atoms with E-state index in [-0.39, 0.29) is 5.76 Å². The maximum Gasteiger partial charge on any atom is 0.152 e. The lowest BCUT2D eigenvalue weighted by Crippen LogP contribution is -2.30. The van der Waals surface area contributed by atoms with Crippen molar-refractivity contribution >= 4 is 41.2 Å². The van der Waals surface area contributed by atoms with Crippen LogP contribution in [0, 0.1) is 13.8 Å². The van der Waals surface area contributed by atoms with E-state index in [1.807, 2.05) is 45.1 Å². The average Bonchev–Trinajstić information content (AvgIpc) is 2.54. The standard InChI is InChI=1S/C16H19NO.C6H14BI/c1-5-6-7-15(14(4)18)11-17-16-9-12(2)8-13(3)10-16;1-5-6(2,8)7(3)4/h5-11,18H,4H2,1-3H3;5H2,1-4H3/b6-5+,15-7-,17-11?;. The van der Waals surface area contributed by atoms with Gasteiger partial charge in [0.05, 0.1) is 5.69 Å². The van der Waals surface area contributed by atoms with Crippen LogP contribution in [0.4, 0.5) is 5.69 Å². The number of alkyl halides is 1. The van der Waals surface area contributed by atoms with Gasteiger partial charge in [-0.15, -0.1) is 0 Å². The van der Waals surface area contributed by atoms with E-state index < -0.39 is 0 Å². The molecule has 1 aromatic rings. The lowest BCUT2D eigenvalue weighted by molar-refractivity contribution is 0.431. The van der Waals surface area contributed by atoms with Crippen LogP contribution in [0.5, 0.6) is 0 Å². The Labute approximate surface area is 174 Å². The van der Waals surface area contributed by atoms with Crippen LogP contribution in [-0.2, 0) is 0 Å². The number of nitrogens with zero attached hydrogens (tertiary/aromatic N) is 1. The molecule has 0 radical (unpaired) electrons. The first kappa shape index (κ1) is 24.7. The Bertz CT molecular complexity index is 652. The van der Waals surface area contributed by atoms with E-state index in [2.05, 4.69) is 67.7 Å². The highest BCUT2D eigenvalue weighted by atomic mass is 127. The Morgan fingerprint density at radius 2 is 1.81 bits per heavy atom. The molecule has 0 fully saturated rings. The van der Waals surface area contributed by atoms with E-state index in [1.54, 1.807) is 12.3 Å². The Balaban J connectivity index is 0.000000660. The third-order valence-electron chi connectivity index (χ3n) is 4.26. The van der Waals surface area contributed by atoms with Crippen LogP contribution in [0.15, 0.2) is 59.3 Å². The zero-order chi connectivity index (χ0) is 20.3. The molecule has 0 aromatic heterocycles. The van der Waals surface area contributed by atoms with Crippen molar-refractivity contribution in [2.45, 2.75) is 58.0 Å². The maximum absolute atomic E-state index is 9.44. The number of aliphatic hydroxyl groups is 1. The number of aliphatic hydroxyl groups excluding tert-OH is 1. The van der Waals surface area contributed by atoms with Crippen molar-refractivity contribution in [3.8, 4) is 0 Å². The van der Waals surface area contributed by atoms with E-state index in [1.165, 1.54) is 17.5 Å². The van der Waals surface area contributed by atoms with Crippen LogP contribution in [0.3, 0.4) is 0 Å². The van der Waals surface area contributed by atoms with Crippen molar-refractivity contribution in [1.82, 2.24) is 0 Å². The summed E-state index contributed by atoms with van der Waals surface area (Å²) in [5, 5.41) is 9.44. The smallest absolute Gasteiger partial charge is 0.152 e. The number of aryl methyl sites for hydroxylation is 2. The predicted octanol–water partition coefficient (Wildman–Crippen LogP) is 7.46. The number of hydrogen-bond acceptors (Lipinski definition) is 2. The van der Waals surface area contributed by atoms with E-state index in [0.717, 1.165) is 12.4 Å². The molecule has 0 bridgehead atoms. The zero-order valence-electron chi connectivity index (χ0n) is 17.3. The highest BCUT2D eigenvalue weighted by molar-refractivity contribution is 14.1. The normalized spacial score (nSPS) is 14.1. The Morgan fingerprint density at radius 3 is 2.15 bits per heavy atom. The quantitative estimate of drug-likeness (QED) is 0.116. The zero-order valence-corrected chi connectivity index (χ0v) is 19.5. The number of allylic oxidation sites excluding steroid dienone is 4. The molecule has 0 spiro atoms. The molecule has 1 rings (SSSR count). The molecule has 0 amide bonds. The van der Waals surface area contributed by atoms with Crippen molar-refractivity contribution in [2.24, 2.45) is 4.99 Å². The molecule has 0 saturated heterocycles. The molecule has 2 nitrogen and oxygen atoms in total. The Hall–Kier alpha value is -1.30. The van der Waals surface area contributed by atoms with Gasteiger partial charge in [0.1, 0.15) is 5.76 Å². The van der Waals surface area contributed by atoms with Gasteiger partial charge in [0.15, 0.2) is 6.71 Å². The largest absolute Gasteiger partial charge is 0.508 e. The van der Waals surface area contributed by atoms with Crippen LogP contribution >= 0.6 is 22.6 Å². The van der Waals surface area contributed by atoms with Gasteiger partial charge in [0, 0.05) is 11.8 Å². The predicted molar refractivity (Wildman–Crippen MR) is 129 cm³/mol. The third-order valence-corrected chi connectivity index (χ3v) is 6.26. The number of hydrogen-bond donors (Lipinski definition) is 1. The molecule has 142 valence electrons. The van der Waals surface area contributed by atoms with Gasteiger partial charge in [0.2, 0.25) is 0 Å². The van der Waals surface area contributed by atoms with Gasteiger partial charge in [-0.25, -0.2) is 0 Å². The van der Waals surface area contributed by atoms with Crippen LogP contribution in [0.25, 0.3) is 0 Å².